The maximum Gasteiger partial charge on any atom is 0.269 e. The van der Waals surface area contributed by atoms with Crippen LogP contribution >= 0.6 is 0 Å². The van der Waals surface area contributed by atoms with Crippen molar-refractivity contribution in [2.24, 2.45) is 11.0 Å². The highest BCUT2D eigenvalue weighted by Crippen LogP contribution is 2.23. The van der Waals surface area contributed by atoms with E-state index in [2.05, 4.69) is 10.5 Å². The van der Waals surface area contributed by atoms with E-state index in [0.29, 0.717) is 5.71 Å². The van der Waals surface area contributed by atoms with Gasteiger partial charge in [0.2, 0.25) is 5.91 Å². The number of carbonyl (C=O) groups excluding carboxylic acids is 1. The maximum atomic E-state index is 12.0. The summed E-state index contributed by atoms with van der Waals surface area (Å²) in [5, 5.41) is 14.7. The molecule has 6 nitrogen and oxygen atoms in total. The summed E-state index contributed by atoms with van der Waals surface area (Å²) in [5.74, 6) is 0.0307. The number of nitrogens with one attached hydrogen (secondary N) is 1. The van der Waals surface area contributed by atoms with E-state index in [4.69, 9.17) is 0 Å². The molecule has 1 fully saturated rings. The summed E-state index contributed by atoms with van der Waals surface area (Å²) in [6.45, 7) is 1.77. The third-order valence-corrected chi connectivity index (χ3v) is 3.81. The summed E-state index contributed by atoms with van der Waals surface area (Å²) in [6.07, 6.45) is 5.26. The first kappa shape index (κ1) is 15.2. The highest BCUT2D eigenvalue weighted by Gasteiger charge is 2.20. The summed E-state index contributed by atoms with van der Waals surface area (Å²) < 4.78 is 0. The van der Waals surface area contributed by atoms with Crippen LogP contribution in [0.25, 0.3) is 0 Å². The molecule has 0 heterocycles. The fourth-order valence-corrected chi connectivity index (χ4v) is 2.48. The molecule has 1 saturated carbocycles. The summed E-state index contributed by atoms with van der Waals surface area (Å²) in [4.78, 5) is 22.1. The van der Waals surface area contributed by atoms with E-state index in [0.717, 1.165) is 31.2 Å². The van der Waals surface area contributed by atoms with Crippen LogP contribution in [0.15, 0.2) is 29.4 Å². The van der Waals surface area contributed by atoms with Crippen molar-refractivity contribution in [2.45, 2.75) is 39.0 Å². The third kappa shape index (κ3) is 4.11. The Bertz CT molecular complexity index is 546. The van der Waals surface area contributed by atoms with E-state index in [1.165, 1.54) is 18.6 Å². The lowest BCUT2D eigenvalue weighted by atomic mass is 9.89. The molecule has 112 valence electrons. The molecule has 0 radical (unpaired) electrons. The van der Waals surface area contributed by atoms with Crippen molar-refractivity contribution in [3.05, 3.63) is 39.9 Å². The molecule has 1 aliphatic carbocycles. The molecule has 0 spiro atoms. The lowest BCUT2D eigenvalue weighted by Gasteiger charge is -2.19. The predicted octanol–water partition coefficient (Wildman–Crippen LogP) is 3.02. The molecule has 1 aromatic carbocycles. The van der Waals surface area contributed by atoms with Crippen molar-refractivity contribution >= 4 is 17.3 Å². The molecule has 0 aromatic heterocycles. The van der Waals surface area contributed by atoms with Gasteiger partial charge in [-0.25, -0.2) is 5.43 Å². The molecule has 0 atom stereocenters. The zero-order valence-corrected chi connectivity index (χ0v) is 12.0. The average molecular weight is 289 g/mol. The van der Waals surface area contributed by atoms with Crippen molar-refractivity contribution in [3.63, 3.8) is 0 Å². The molecular weight excluding hydrogens is 270 g/mol. The summed E-state index contributed by atoms with van der Waals surface area (Å²) in [7, 11) is 0. The second-order valence-electron chi connectivity index (χ2n) is 5.31. The third-order valence-electron chi connectivity index (χ3n) is 3.81. The Balaban J connectivity index is 1.96. The monoisotopic (exact) mass is 289 g/mol. The minimum Gasteiger partial charge on any atom is -0.273 e. The van der Waals surface area contributed by atoms with Crippen LogP contribution in [-0.4, -0.2) is 16.5 Å². The number of hydrogen-bond acceptors (Lipinski definition) is 4. The summed E-state index contributed by atoms with van der Waals surface area (Å²) in [6, 6.07) is 6.11. The van der Waals surface area contributed by atoms with E-state index in [-0.39, 0.29) is 17.5 Å². The fraction of sp³-hybridized carbons (Fsp3) is 0.467. The van der Waals surface area contributed by atoms with Crippen LogP contribution in [0, 0.1) is 16.0 Å². The Labute approximate surface area is 123 Å². The summed E-state index contributed by atoms with van der Waals surface area (Å²) in [5.41, 5.74) is 4.03. The molecule has 21 heavy (non-hydrogen) atoms. The van der Waals surface area contributed by atoms with E-state index >= 15 is 0 Å². The van der Waals surface area contributed by atoms with Crippen LogP contribution < -0.4 is 5.43 Å². The Morgan fingerprint density at radius 2 is 1.86 bits per heavy atom. The highest BCUT2D eigenvalue weighted by atomic mass is 16.6. The topological polar surface area (TPSA) is 84.6 Å². The van der Waals surface area contributed by atoms with Crippen LogP contribution in [0.1, 0.15) is 44.6 Å². The molecule has 0 aliphatic heterocycles. The molecule has 2 rings (SSSR count). The normalized spacial score (nSPS) is 16.5. The van der Waals surface area contributed by atoms with Crippen LogP contribution in [0.3, 0.4) is 0 Å². The molecule has 1 amide bonds. The van der Waals surface area contributed by atoms with Gasteiger partial charge in [0.15, 0.2) is 0 Å². The van der Waals surface area contributed by atoms with Gasteiger partial charge in [-0.1, -0.05) is 19.3 Å². The van der Waals surface area contributed by atoms with E-state index < -0.39 is 4.92 Å². The van der Waals surface area contributed by atoms with Crippen LogP contribution in [0.5, 0.6) is 0 Å². The first-order valence-corrected chi connectivity index (χ1v) is 7.17. The second-order valence-corrected chi connectivity index (χ2v) is 5.31. The molecule has 6 heteroatoms. The number of nitrogens with zero attached hydrogens (tertiary/aromatic N) is 2. The lowest BCUT2D eigenvalue weighted by molar-refractivity contribution is -0.384. The van der Waals surface area contributed by atoms with Crippen LogP contribution in [0.4, 0.5) is 5.69 Å². The van der Waals surface area contributed by atoms with Gasteiger partial charge in [0.25, 0.3) is 5.69 Å². The number of nitro groups is 1. The quantitative estimate of drug-likeness (QED) is 0.525. The van der Waals surface area contributed by atoms with Gasteiger partial charge in [0.1, 0.15) is 0 Å². The molecule has 0 unspecified atom stereocenters. The Morgan fingerprint density at radius 3 is 2.43 bits per heavy atom. The van der Waals surface area contributed by atoms with Crippen molar-refractivity contribution < 1.29 is 9.72 Å². The summed E-state index contributed by atoms with van der Waals surface area (Å²) >= 11 is 0. The smallest absolute Gasteiger partial charge is 0.269 e. The van der Waals surface area contributed by atoms with E-state index in [9.17, 15) is 14.9 Å². The first-order valence-electron chi connectivity index (χ1n) is 7.17. The molecule has 0 bridgehead atoms. The van der Waals surface area contributed by atoms with Crippen molar-refractivity contribution in [1.29, 1.82) is 0 Å². The second kappa shape index (κ2) is 6.97. The van der Waals surface area contributed by atoms with Crippen LogP contribution in [-0.2, 0) is 4.79 Å². The Kier molecular flexibility index (Phi) is 5.03. The minimum atomic E-state index is -0.443. The van der Waals surface area contributed by atoms with Gasteiger partial charge >= 0.3 is 0 Å². The molecule has 1 N–H and O–H groups in total. The number of benzene rings is 1. The number of non-ortho nitro benzene ring substituents is 1. The zero-order valence-electron chi connectivity index (χ0n) is 12.0. The maximum absolute atomic E-state index is 12.0. The number of amides is 1. The molecule has 1 aliphatic rings. The van der Waals surface area contributed by atoms with Gasteiger partial charge in [-0.3, -0.25) is 14.9 Å². The van der Waals surface area contributed by atoms with Crippen LogP contribution in [0.2, 0.25) is 0 Å². The number of nitro benzene ring substituents is 1. The zero-order chi connectivity index (χ0) is 15.2. The van der Waals surface area contributed by atoms with Gasteiger partial charge in [0.05, 0.1) is 10.6 Å². The molecular formula is C15H19N3O3. The largest absolute Gasteiger partial charge is 0.273 e. The van der Waals surface area contributed by atoms with E-state index in [1.807, 2.05) is 0 Å². The van der Waals surface area contributed by atoms with Gasteiger partial charge in [0, 0.05) is 18.1 Å². The SMILES string of the molecule is C/C(=N\NC(=O)C1CCCCC1)c1ccc([N+](=O)[O-])cc1. The van der Waals surface area contributed by atoms with Gasteiger partial charge in [-0.05, 0) is 37.5 Å². The van der Waals surface area contributed by atoms with Crippen molar-refractivity contribution in [1.82, 2.24) is 5.43 Å². The number of carbonyl (C=O) groups is 1. The lowest BCUT2D eigenvalue weighted by Crippen LogP contribution is -2.29. The van der Waals surface area contributed by atoms with E-state index in [1.54, 1.807) is 19.1 Å². The van der Waals surface area contributed by atoms with Gasteiger partial charge < -0.3 is 0 Å². The molecule has 0 saturated heterocycles. The average Bonchev–Trinajstić information content (AvgIpc) is 2.53. The number of rotatable bonds is 4. The Hall–Kier alpha value is -2.24. The molecule has 1 aromatic rings. The standard InChI is InChI=1S/C15H19N3O3/c1-11(12-7-9-14(10-8-12)18(20)21)16-17-15(19)13-5-3-2-4-6-13/h7-10,13H,2-6H2,1H3,(H,17,19)/b16-11+. The Morgan fingerprint density at radius 1 is 1.24 bits per heavy atom. The minimum absolute atomic E-state index is 0.0315. The predicted molar refractivity (Wildman–Crippen MR) is 80.0 cm³/mol. The number of hydrazone groups is 1. The van der Waals surface area contributed by atoms with Gasteiger partial charge in [-0.15, -0.1) is 0 Å². The van der Waals surface area contributed by atoms with Crippen molar-refractivity contribution in [2.75, 3.05) is 0 Å². The first-order chi connectivity index (χ1) is 10.1. The fourth-order valence-electron chi connectivity index (χ4n) is 2.48. The highest BCUT2D eigenvalue weighted by molar-refractivity contribution is 5.99. The number of hydrogen-bond donors (Lipinski definition) is 1. The van der Waals surface area contributed by atoms with Crippen molar-refractivity contribution in [3.8, 4) is 0 Å². The van der Waals surface area contributed by atoms with Gasteiger partial charge in [-0.2, -0.15) is 5.10 Å².